The van der Waals surface area contributed by atoms with Crippen molar-refractivity contribution in [1.82, 2.24) is 24.7 Å². The minimum Gasteiger partial charge on any atom is -0.355 e. The molecule has 150 valence electrons. The van der Waals surface area contributed by atoms with Crippen LogP contribution in [-0.4, -0.2) is 43.9 Å². The molecule has 8 heteroatoms. The zero-order valence-electron chi connectivity index (χ0n) is 16.6. The number of halogens is 1. The molecule has 0 amide bonds. The summed E-state index contributed by atoms with van der Waals surface area (Å²) in [5, 5.41) is 4.76. The predicted octanol–water partition coefficient (Wildman–Crippen LogP) is 3.36. The van der Waals surface area contributed by atoms with Gasteiger partial charge in [0, 0.05) is 49.7 Å². The molecule has 0 unspecified atom stereocenters. The van der Waals surface area contributed by atoms with Crippen molar-refractivity contribution < 1.29 is 4.39 Å². The van der Waals surface area contributed by atoms with E-state index in [9.17, 15) is 0 Å². The first-order chi connectivity index (χ1) is 14.0. The van der Waals surface area contributed by atoms with E-state index < -0.39 is 0 Å². The highest BCUT2D eigenvalue weighted by Gasteiger charge is 2.24. The van der Waals surface area contributed by atoms with Crippen molar-refractivity contribution in [2.24, 2.45) is 12.8 Å². The molecule has 3 aromatic heterocycles. The van der Waals surface area contributed by atoms with Crippen LogP contribution in [0.25, 0.3) is 33.2 Å². The number of hydrogen-bond acceptors (Lipinski definition) is 5. The molecule has 1 aliphatic rings. The third kappa shape index (κ3) is 3.04. The summed E-state index contributed by atoms with van der Waals surface area (Å²) in [6.45, 7) is 0. The third-order valence-corrected chi connectivity index (χ3v) is 5.99. The molecular formula is C21H24FN7. The molecule has 1 fully saturated rings. The molecule has 1 aromatic carbocycles. The first kappa shape index (κ1) is 18.1. The topological polar surface area (TPSA) is 88.7 Å². The molecule has 5 rings (SSSR count). The van der Waals surface area contributed by atoms with Crippen LogP contribution in [-0.2, 0) is 7.05 Å². The third-order valence-electron chi connectivity index (χ3n) is 5.99. The second-order valence-electron chi connectivity index (χ2n) is 7.98. The summed E-state index contributed by atoms with van der Waals surface area (Å²) < 4.78 is 16.7. The lowest BCUT2D eigenvalue weighted by atomic mass is 9.91. The quantitative estimate of drug-likeness (QED) is 0.557. The molecule has 2 atom stereocenters. The van der Waals surface area contributed by atoms with Gasteiger partial charge >= 0.3 is 0 Å². The second kappa shape index (κ2) is 6.81. The molecule has 4 aromatic rings. The number of nitrogens with zero attached hydrogens (tertiary/aromatic N) is 5. The van der Waals surface area contributed by atoms with Crippen molar-refractivity contribution in [1.29, 1.82) is 0 Å². The van der Waals surface area contributed by atoms with Crippen molar-refractivity contribution in [3.63, 3.8) is 0 Å². The van der Waals surface area contributed by atoms with Crippen LogP contribution in [0.2, 0.25) is 0 Å². The van der Waals surface area contributed by atoms with E-state index in [1.54, 1.807) is 36.4 Å². The van der Waals surface area contributed by atoms with Gasteiger partial charge in [-0.3, -0.25) is 4.68 Å². The summed E-state index contributed by atoms with van der Waals surface area (Å²) in [4.78, 5) is 14.7. The van der Waals surface area contributed by atoms with Gasteiger partial charge < -0.3 is 15.6 Å². The number of fused-ring (bicyclic) bond motifs is 2. The van der Waals surface area contributed by atoms with Crippen LogP contribution in [0.1, 0.15) is 25.7 Å². The van der Waals surface area contributed by atoms with E-state index in [-0.39, 0.29) is 11.9 Å². The number of nitrogens with one attached hydrogen (secondary N) is 1. The van der Waals surface area contributed by atoms with Crippen LogP contribution in [0.5, 0.6) is 0 Å². The summed E-state index contributed by atoms with van der Waals surface area (Å²) in [5.74, 6) is 0.504. The Morgan fingerprint density at radius 3 is 2.97 bits per heavy atom. The SMILES string of the molecule is CN(c1cnc2c(-c3ccc4nn(C)cc4c3F)c[nH]c2n1)[C@@H]1CCC[C@@H](N)C1. The van der Waals surface area contributed by atoms with Crippen molar-refractivity contribution in [3.05, 3.63) is 36.5 Å². The van der Waals surface area contributed by atoms with Crippen LogP contribution >= 0.6 is 0 Å². The first-order valence-electron chi connectivity index (χ1n) is 9.96. The van der Waals surface area contributed by atoms with Gasteiger partial charge in [-0.1, -0.05) is 0 Å². The van der Waals surface area contributed by atoms with E-state index in [0.29, 0.717) is 39.2 Å². The van der Waals surface area contributed by atoms with Gasteiger partial charge in [-0.25, -0.2) is 14.4 Å². The number of anilines is 1. The van der Waals surface area contributed by atoms with Crippen LogP contribution in [0, 0.1) is 5.82 Å². The fourth-order valence-electron chi connectivity index (χ4n) is 4.39. The summed E-state index contributed by atoms with van der Waals surface area (Å²) in [6, 6.07) is 4.19. The molecule has 1 aliphatic carbocycles. The molecule has 0 aliphatic heterocycles. The minimum atomic E-state index is -0.296. The van der Waals surface area contributed by atoms with Crippen LogP contribution < -0.4 is 10.6 Å². The smallest absolute Gasteiger partial charge is 0.159 e. The van der Waals surface area contributed by atoms with Gasteiger partial charge in [-0.2, -0.15) is 5.10 Å². The van der Waals surface area contributed by atoms with Crippen molar-refractivity contribution in [2.45, 2.75) is 37.8 Å². The van der Waals surface area contributed by atoms with Gasteiger partial charge in [0.05, 0.1) is 17.1 Å². The van der Waals surface area contributed by atoms with E-state index in [1.807, 2.05) is 13.1 Å². The summed E-state index contributed by atoms with van der Waals surface area (Å²) >= 11 is 0. The molecule has 3 heterocycles. The Hall–Kier alpha value is -3.00. The Kier molecular flexibility index (Phi) is 4.24. The number of hydrogen-bond donors (Lipinski definition) is 2. The molecule has 29 heavy (non-hydrogen) atoms. The molecule has 0 saturated heterocycles. The summed E-state index contributed by atoms with van der Waals surface area (Å²) in [5.41, 5.74) is 9.27. The van der Waals surface area contributed by atoms with Crippen molar-refractivity contribution in [3.8, 4) is 11.1 Å². The Bertz CT molecular complexity index is 1190. The van der Waals surface area contributed by atoms with Gasteiger partial charge in [0.2, 0.25) is 0 Å². The van der Waals surface area contributed by atoms with Crippen LogP contribution in [0.4, 0.5) is 10.2 Å². The number of nitrogens with two attached hydrogens (primary N) is 1. The normalized spacial score (nSPS) is 19.9. The Morgan fingerprint density at radius 1 is 1.28 bits per heavy atom. The average Bonchev–Trinajstić information content (AvgIpc) is 3.30. The zero-order chi connectivity index (χ0) is 20.1. The van der Waals surface area contributed by atoms with Crippen molar-refractivity contribution in [2.75, 3.05) is 11.9 Å². The molecule has 3 N–H and O–H groups in total. The van der Waals surface area contributed by atoms with Crippen LogP contribution in [0.3, 0.4) is 0 Å². The Balaban J connectivity index is 1.52. The monoisotopic (exact) mass is 393 g/mol. The lowest BCUT2D eigenvalue weighted by Gasteiger charge is -2.34. The van der Waals surface area contributed by atoms with E-state index in [2.05, 4.69) is 20.0 Å². The van der Waals surface area contributed by atoms with Crippen LogP contribution in [0.15, 0.2) is 30.7 Å². The fourth-order valence-corrected chi connectivity index (χ4v) is 4.39. The second-order valence-corrected chi connectivity index (χ2v) is 7.98. The minimum absolute atomic E-state index is 0.246. The number of H-pyrrole nitrogens is 1. The van der Waals surface area contributed by atoms with E-state index >= 15 is 4.39 Å². The molecule has 0 spiro atoms. The van der Waals surface area contributed by atoms with E-state index in [0.717, 1.165) is 31.5 Å². The lowest BCUT2D eigenvalue weighted by Crippen LogP contribution is -2.41. The average molecular weight is 393 g/mol. The van der Waals surface area contributed by atoms with E-state index in [4.69, 9.17) is 10.7 Å². The van der Waals surface area contributed by atoms with Gasteiger partial charge in [0.25, 0.3) is 0 Å². The number of rotatable bonds is 3. The van der Waals surface area contributed by atoms with Gasteiger partial charge in [0.15, 0.2) is 5.65 Å². The zero-order valence-corrected chi connectivity index (χ0v) is 16.6. The first-order valence-corrected chi connectivity index (χ1v) is 9.96. The molecular weight excluding hydrogens is 369 g/mol. The summed E-state index contributed by atoms with van der Waals surface area (Å²) in [7, 11) is 3.83. The Labute approximate surface area is 167 Å². The number of benzene rings is 1. The molecule has 0 radical (unpaired) electrons. The highest BCUT2D eigenvalue weighted by atomic mass is 19.1. The highest BCUT2D eigenvalue weighted by molar-refractivity contribution is 5.94. The van der Waals surface area contributed by atoms with Gasteiger partial charge in [0.1, 0.15) is 17.2 Å². The molecule has 7 nitrogen and oxygen atoms in total. The maximum atomic E-state index is 15.1. The van der Waals surface area contributed by atoms with Gasteiger partial charge in [-0.15, -0.1) is 0 Å². The number of aromatic amines is 1. The van der Waals surface area contributed by atoms with E-state index in [1.165, 1.54) is 0 Å². The molecule has 0 bridgehead atoms. The lowest BCUT2D eigenvalue weighted by molar-refractivity contribution is 0.381. The maximum Gasteiger partial charge on any atom is 0.159 e. The highest BCUT2D eigenvalue weighted by Crippen LogP contribution is 2.33. The largest absolute Gasteiger partial charge is 0.355 e. The summed E-state index contributed by atoms with van der Waals surface area (Å²) in [6.07, 6.45) is 9.51. The standard InChI is InChI=1S/C21H24FN7/c1-28-11-16-17(27-28)7-6-14(19(16)22)15-9-25-21-20(15)24-10-18(26-21)29(2)13-5-3-4-12(23)8-13/h6-7,9-13H,3-5,8,23H2,1-2H3,(H,25,26)/t12-,13-/m1/s1. The van der Waals surface area contributed by atoms with Crippen molar-refractivity contribution >= 4 is 27.9 Å². The maximum absolute atomic E-state index is 15.1. The van der Waals surface area contributed by atoms with Gasteiger partial charge in [-0.05, 0) is 37.8 Å². The number of aryl methyl sites for hydroxylation is 1. The molecule has 1 saturated carbocycles. The number of aromatic nitrogens is 5. The predicted molar refractivity (Wildman–Crippen MR) is 112 cm³/mol. The fraction of sp³-hybridized carbons (Fsp3) is 0.381. The Morgan fingerprint density at radius 2 is 2.14 bits per heavy atom.